The zero-order chi connectivity index (χ0) is 26.3. The summed E-state index contributed by atoms with van der Waals surface area (Å²) >= 11 is 0. The molecule has 2 heterocycles. The molecule has 0 spiro atoms. The normalized spacial score (nSPS) is 40.3. The second-order valence-corrected chi connectivity index (χ2v) is 7.27. The molecule has 4 nitrogen and oxygen atoms in total. The van der Waals surface area contributed by atoms with Gasteiger partial charge in [-0.2, -0.15) is 0 Å². The smallest absolute Gasteiger partial charge is 0.161 e. The highest BCUT2D eigenvalue weighted by Gasteiger charge is 2.39. The number of nitrogens with zero attached hydrogens (tertiary/aromatic N) is 1. The molecule has 2 aliphatic heterocycles. The third-order valence-corrected chi connectivity index (χ3v) is 4.08. The van der Waals surface area contributed by atoms with E-state index in [0.29, 0.717) is 0 Å². The molecular weight excluding hydrogens is 302 g/mol. The zero-order valence-electron chi connectivity index (χ0n) is 24.3. The first-order chi connectivity index (χ1) is 15.1. The number of Topliss-reactive ketones (excluding diaryl/α,β-unsaturated/α-hetero) is 1. The van der Waals surface area contributed by atoms with Crippen LogP contribution in [0.5, 0.6) is 11.5 Å². The summed E-state index contributed by atoms with van der Waals surface area (Å²) in [6.07, 6.45) is -5.57. The number of methoxy groups -OCH3 is 2. The van der Waals surface area contributed by atoms with Gasteiger partial charge in [-0.1, -0.05) is 20.8 Å². The summed E-state index contributed by atoms with van der Waals surface area (Å²) in [6.45, 7) is 2.00. The highest BCUT2D eigenvalue weighted by molar-refractivity contribution is 5.83. The second-order valence-electron chi connectivity index (χ2n) is 7.27. The van der Waals surface area contributed by atoms with Gasteiger partial charge < -0.3 is 9.47 Å². The van der Waals surface area contributed by atoms with Crippen LogP contribution in [-0.4, -0.2) is 37.9 Å². The van der Waals surface area contributed by atoms with Crippen molar-refractivity contribution >= 4 is 5.78 Å². The minimum Gasteiger partial charge on any atom is -0.493 e. The molecule has 0 unspecified atom stereocenters. The molecule has 4 heteroatoms. The molecule has 0 N–H and O–H groups in total. The number of ether oxygens (including phenoxy) is 2. The van der Waals surface area contributed by atoms with Crippen molar-refractivity contribution in [1.29, 1.82) is 0 Å². The van der Waals surface area contributed by atoms with E-state index in [2.05, 4.69) is 0 Å². The molecule has 0 aromatic heterocycles. The monoisotopic (exact) mass is 341 g/mol. The number of aryl methyl sites for hydroxylation is 1. The lowest BCUT2D eigenvalue weighted by Crippen LogP contribution is -2.47. The maximum atomic E-state index is 13.4. The van der Waals surface area contributed by atoms with Gasteiger partial charge >= 0.3 is 0 Å². The molecule has 2 atom stereocenters. The van der Waals surface area contributed by atoms with E-state index in [1.165, 1.54) is 13.2 Å². The van der Waals surface area contributed by atoms with Gasteiger partial charge in [-0.15, -0.1) is 0 Å². The average molecular weight is 342 g/mol. The molecular formula is C20H29NO3. The number of rotatable bonds is 3. The predicted octanol–water partition coefficient (Wildman–Crippen LogP) is 3.63. The minimum absolute atomic E-state index is 0.0534. The Labute approximate surface area is 159 Å². The van der Waals surface area contributed by atoms with Gasteiger partial charge in [0, 0.05) is 40.9 Å². The van der Waals surface area contributed by atoms with E-state index in [1.54, 1.807) is 20.8 Å². The minimum atomic E-state index is -2.90. The summed E-state index contributed by atoms with van der Waals surface area (Å²) in [5.74, 6) is -3.51. The lowest BCUT2D eigenvalue weighted by atomic mass is 9.76. The number of ketones is 1. The van der Waals surface area contributed by atoms with Gasteiger partial charge in [-0.3, -0.25) is 9.69 Å². The van der Waals surface area contributed by atoms with Crippen LogP contribution >= 0.6 is 0 Å². The first kappa shape index (κ1) is 8.70. The van der Waals surface area contributed by atoms with Crippen molar-refractivity contribution in [3.8, 4) is 11.5 Å². The molecule has 1 aromatic rings. The summed E-state index contributed by atoms with van der Waals surface area (Å²) in [7, 11) is -1.68. The average Bonchev–Trinajstić information content (AvgIpc) is 2.62. The molecule has 0 amide bonds. The number of hydrogen-bond donors (Lipinski definition) is 0. The van der Waals surface area contributed by atoms with Crippen molar-refractivity contribution in [2.75, 3.05) is 27.2 Å². The number of benzene rings is 1. The molecule has 0 saturated carbocycles. The van der Waals surface area contributed by atoms with Gasteiger partial charge in [0.05, 0.1) is 18.3 Å². The van der Waals surface area contributed by atoms with E-state index in [0.717, 1.165) is 11.0 Å². The third-order valence-electron chi connectivity index (χ3n) is 4.08. The summed E-state index contributed by atoms with van der Waals surface area (Å²) in [6, 6.07) is 0.615. The summed E-state index contributed by atoms with van der Waals surface area (Å²) in [5, 5.41) is 0. The lowest BCUT2D eigenvalue weighted by molar-refractivity contribution is -0.130. The Hall–Kier alpha value is -1.55. The molecule has 1 saturated heterocycles. The van der Waals surface area contributed by atoms with Crippen LogP contribution < -0.4 is 9.47 Å². The Kier molecular flexibility index (Phi) is 2.32. The van der Waals surface area contributed by atoms with Crippen molar-refractivity contribution in [2.45, 2.75) is 46.0 Å². The van der Waals surface area contributed by atoms with E-state index in [1.807, 2.05) is 0 Å². The van der Waals surface area contributed by atoms with Crippen LogP contribution in [0.15, 0.2) is 12.1 Å². The Balaban J connectivity index is 2.29. The van der Waals surface area contributed by atoms with Crippen LogP contribution in [-0.2, 0) is 11.2 Å². The second kappa shape index (κ2) is 6.40. The van der Waals surface area contributed by atoms with Crippen LogP contribution in [0, 0.1) is 11.3 Å². The van der Waals surface area contributed by atoms with Crippen molar-refractivity contribution in [3.63, 3.8) is 0 Å². The number of carbonyl (C=O) groups excluding carboxylic acids is 1. The Morgan fingerprint density at radius 1 is 1.38 bits per heavy atom. The van der Waals surface area contributed by atoms with E-state index in [-0.39, 0.29) is 29.0 Å². The summed E-state index contributed by atoms with van der Waals surface area (Å²) in [5.41, 5.74) is -0.959. The van der Waals surface area contributed by atoms with Gasteiger partial charge in [-0.05, 0) is 41.5 Å². The molecule has 1 fully saturated rings. The van der Waals surface area contributed by atoms with Gasteiger partial charge in [0.2, 0.25) is 0 Å². The van der Waals surface area contributed by atoms with Crippen molar-refractivity contribution in [2.24, 2.45) is 11.3 Å². The zero-order valence-corrected chi connectivity index (χ0v) is 14.3. The first-order valence-corrected chi connectivity index (χ1v) is 7.82. The Morgan fingerprint density at radius 3 is 2.79 bits per heavy atom. The molecule has 24 heavy (non-hydrogen) atoms. The van der Waals surface area contributed by atoms with Gasteiger partial charge in [0.15, 0.2) is 11.5 Å². The molecule has 2 aliphatic rings. The van der Waals surface area contributed by atoms with Crippen LogP contribution in [0.4, 0.5) is 0 Å². The molecule has 1 aromatic carbocycles. The maximum Gasteiger partial charge on any atom is 0.161 e. The quantitative estimate of drug-likeness (QED) is 0.841. The number of carbonyl (C=O) groups is 1. The van der Waals surface area contributed by atoms with E-state index in [4.69, 9.17) is 23.2 Å². The third kappa shape index (κ3) is 3.30. The van der Waals surface area contributed by atoms with E-state index < -0.39 is 56.0 Å². The van der Waals surface area contributed by atoms with Gasteiger partial charge in [0.25, 0.3) is 0 Å². The largest absolute Gasteiger partial charge is 0.493 e. The van der Waals surface area contributed by atoms with Crippen LogP contribution in [0.2, 0.25) is 0 Å². The fourth-order valence-corrected chi connectivity index (χ4v) is 3.08. The fourth-order valence-electron chi connectivity index (χ4n) is 3.08. The number of piperidine rings is 1. The summed E-state index contributed by atoms with van der Waals surface area (Å²) in [4.78, 5) is 14.3. The van der Waals surface area contributed by atoms with Crippen LogP contribution in [0.3, 0.4) is 0 Å². The first-order valence-electron chi connectivity index (χ1n) is 12.8. The predicted molar refractivity (Wildman–Crippen MR) is 94.8 cm³/mol. The SMILES string of the molecule is [2H]C([2H])([2H])Oc1cc2c(cc1OC)[C@H]1N(C[C@]([2H])(CC(C)(C)C)C(=O)C1([2H])[2H])C([2H])([2H])C2([2H])[2H]. The van der Waals surface area contributed by atoms with Gasteiger partial charge in [-0.25, -0.2) is 0 Å². The number of hydrogen-bond acceptors (Lipinski definition) is 4. The molecule has 0 bridgehead atoms. The van der Waals surface area contributed by atoms with Crippen molar-refractivity contribution < 1.29 is 28.0 Å². The van der Waals surface area contributed by atoms with E-state index >= 15 is 0 Å². The van der Waals surface area contributed by atoms with Crippen LogP contribution in [0.25, 0.3) is 0 Å². The lowest BCUT2D eigenvalue weighted by Gasteiger charge is -2.44. The Bertz CT molecular complexity index is 1000. The molecule has 3 rings (SSSR count). The number of fused-ring (bicyclic) bond motifs is 3. The highest BCUT2D eigenvalue weighted by Crippen LogP contribution is 2.43. The Morgan fingerprint density at radius 2 is 2.12 bits per heavy atom. The standard InChI is InChI=1S/C20H29NO3/c1-20(2,3)11-14-12-21-7-6-13-8-18(23-4)19(24-5)9-15(13)16(21)10-17(14)22/h8-9,14,16H,6-7,10-12H2,1-5H3/t14-,16-/m0/s1/i4D3,6D2,7D2,10D2,14D. The molecule has 132 valence electrons. The maximum absolute atomic E-state index is 13.4. The van der Waals surface area contributed by atoms with E-state index in [9.17, 15) is 4.79 Å². The highest BCUT2D eigenvalue weighted by atomic mass is 16.5. The topological polar surface area (TPSA) is 38.8 Å². The van der Waals surface area contributed by atoms with Crippen molar-refractivity contribution in [1.82, 2.24) is 4.90 Å². The fraction of sp³-hybridized carbons (Fsp3) is 0.650. The van der Waals surface area contributed by atoms with Crippen molar-refractivity contribution in [3.05, 3.63) is 23.3 Å². The van der Waals surface area contributed by atoms with Crippen LogP contribution in [0.1, 0.15) is 64.4 Å². The van der Waals surface area contributed by atoms with Gasteiger partial charge in [0.1, 0.15) is 5.78 Å². The molecule has 0 aliphatic carbocycles. The summed E-state index contributed by atoms with van der Waals surface area (Å²) < 4.78 is 93.0. The molecule has 0 radical (unpaired) electrons.